The molecule has 5 nitrogen and oxygen atoms in total. The van der Waals surface area contributed by atoms with E-state index in [0.717, 1.165) is 25.9 Å². The number of carboxylic acids is 1. The summed E-state index contributed by atoms with van der Waals surface area (Å²) in [6.45, 7) is 5.85. The number of carboxylic acid groups (broad SMARTS) is 1. The molecule has 120 valence electrons. The normalized spacial score (nSPS) is 21.0. The lowest BCUT2D eigenvalue weighted by Gasteiger charge is -2.42. The number of piperidine rings is 1. The van der Waals surface area contributed by atoms with Gasteiger partial charge in [-0.2, -0.15) is 0 Å². The van der Waals surface area contributed by atoms with Gasteiger partial charge in [0.25, 0.3) is 0 Å². The Hall–Kier alpha value is -1.26. The van der Waals surface area contributed by atoms with Crippen LogP contribution in [-0.2, 0) is 4.79 Å². The number of carbonyl (C=O) groups excluding carboxylic acids is 1. The summed E-state index contributed by atoms with van der Waals surface area (Å²) in [5.41, 5.74) is 0.501. The maximum Gasteiger partial charge on any atom is 0.320 e. The van der Waals surface area contributed by atoms with Crippen LogP contribution in [0.25, 0.3) is 0 Å². The molecule has 2 amide bonds. The van der Waals surface area contributed by atoms with Crippen molar-refractivity contribution in [2.45, 2.75) is 64.8 Å². The molecule has 1 saturated carbocycles. The van der Waals surface area contributed by atoms with Crippen LogP contribution in [0.1, 0.15) is 58.8 Å². The quantitative estimate of drug-likeness (QED) is 0.867. The fourth-order valence-corrected chi connectivity index (χ4v) is 3.77. The number of nitrogens with zero attached hydrogens (tertiary/aromatic N) is 2. The molecule has 2 fully saturated rings. The molecular formula is C16H28N2O3. The zero-order chi connectivity index (χ0) is 15.5. The molecular weight excluding hydrogens is 268 g/mol. The van der Waals surface area contributed by atoms with E-state index in [0.29, 0.717) is 12.0 Å². The zero-order valence-corrected chi connectivity index (χ0v) is 13.3. The summed E-state index contributed by atoms with van der Waals surface area (Å²) in [5, 5.41) is 8.82. The lowest BCUT2D eigenvalue weighted by atomic mass is 9.77. The summed E-state index contributed by atoms with van der Waals surface area (Å²) in [7, 11) is 0. The lowest BCUT2D eigenvalue weighted by molar-refractivity contribution is -0.137. The van der Waals surface area contributed by atoms with E-state index in [-0.39, 0.29) is 18.5 Å². The summed E-state index contributed by atoms with van der Waals surface area (Å²) < 4.78 is 0. The number of hydrogen-bond donors (Lipinski definition) is 1. The molecule has 1 aliphatic carbocycles. The molecule has 1 aliphatic heterocycles. The minimum absolute atomic E-state index is 0.0131. The zero-order valence-electron chi connectivity index (χ0n) is 13.3. The Bertz CT molecular complexity index is 379. The van der Waals surface area contributed by atoms with Crippen LogP contribution >= 0.6 is 0 Å². The molecule has 1 spiro atoms. The van der Waals surface area contributed by atoms with Crippen LogP contribution in [0, 0.1) is 5.41 Å². The SMILES string of the molecule is CC(C)N(CCC(=O)O)C(=O)N1CCC2(CCCC2)CC1. The summed E-state index contributed by atoms with van der Waals surface area (Å²) in [6.07, 6.45) is 7.56. The number of rotatable bonds is 4. The molecule has 0 atom stereocenters. The van der Waals surface area contributed by atoms with Gasteiger partial charge in [-0.3, -0.25) is 4.79 Å². The first-order chi connectivity index (χ1) is 9.93. The van der Waals surface area contributed by atoms with Crippen LogP contribution in [0.15, 0.2) is 0 Å². The third-order valence-corrected chi connectivity index (χ3v) is 5.19. The van der Waals surface area contributed by atoms with Gasteiger partial charge in [-0.1, -0.05) is 12.8 Å². The first kappa shape index (κ1) is 16.1. The van der Waals surface area contributed by atoms with Gasteiger partial charge in [0.1, 0.15) is 0 Å². The van der Waals surface area contributed by atoms with Crippen LogP contribution in [0.3, 0.4) is 0 Å². The highest BCUT2D eigenvalue weighted by Gasteiger charge is 2.38. The molecule has 5 heteroatoms. The fourth-order valence-electron chi connectivity index (χ4n) is 3.77. The average molecular weight is 296 g/mol. The predicted molar refractivity (Wildman–Crippen MR) is 81.2 cm³/mol. The van der Waals surface area contributed by atoms with Crippen molar-refractivity contribution in [3.63, 3.8) is 0 Å². The summed E-state index contributed by atoms with van der Waals surface area (Å²) in [6, 6.07) is 0.0540. The molecule has 0 aromatic carbocycles. The summed E-state index contributed by atoms with van der Waals surface area (Å²) >= 11 is 0. The molecule has 21 heavy (non-hydrogen) atoms. The topological polar surface area (TPSA) is 60.9 Å². The van der Waals surface area contributed by atoms with Gasteiger partial charge < -0.3 is 14.9 Å². The highest BCUT2D eigenvalue weighted by Crippen LogP contribution is 2.46. The van der Waals surface area contributed by atoms with E-state index >= 15 is 0 Å². The number of urea groups is 1. The molecule has 0 radical (unpaired) electrons. The molecule has 0 aromatic heterocycles. The van der Waals surface area contributed by atoms with Crippen molar-refractivity contribution in [1.82, 2.24) is 9.80 Å². The Balaban J connectivity index is 1.90. The van der Waals surface area contributed by atoms with E-state index in [1.165, 1.54) is 25.7 Å². The number of likely N-dealkylation sites (tertiary alicyclic amines) is 1. The number of amides is 2. The molecule has 1 saturated heterocycles. The van der Waals surface area contributed by atoms with Gasteiger partial charge in [0.05, 0.1) is 6.42 Å². The minimum Gasteiger partial charge on any atom is -0.481 e. The maximum absolute atomic E-state index is 12.6. The number of aliphatic carboxylic acids is 1. The van der Waals surface area contributed by atoms with E-state index in [9.17, 15) is 9.59 Å². The average Bonchev–Trinajstić information content (AvgIpc) is 2.87. The molecule has 1 N–H and O–H groups in total. The first-order valence-corrected chi connectivity index (χ1v) is 8.21. The molecule has 0 aromatic rings. The van der Waals surface area contributed by atoms with Gasteiger partial charge in [0.2, 0.25) is 0 Å². The van der Waals surface area contributed by atoms with Crippen molar-refractivity contribution >= 4 is 12.0 Å². The molecule has 0 bridgehead atoms. The molecule has 1 heterocycles. The second-order valence-corrected chi connectivity index (χ2v) is 6.91. The highest BCUT2D eigenvalue weighted by molar-refractivity contribution is 5.76. The first-order valence-electron chi connectivity index (χ1n) is 8.21. The monoisotopic (exact) mass is 296 g/mol. The van der Waals surface area contributed by atoms with E-state index in [1.54, 1.807) is 4.90 Å². The summed E-state index contributed by atoms with van der Waals surface area (Å²) in [5.74, 6) is -0.850. The second-order valence-electron chi connectivity index (χ2n) is 6.91. The van der Waals surface area contributed by atoms with Crippen LogP contribution in [0.2, 0.25) is 0 Å². The van der Waals surface area contributed by atoms with E-state index in [1.807, 2.05) is 18.7 Å². The third-order valence-electron chi connectivity index (χ3n) is 5.19. The van der Waals surface area contributed by atoms with Crippen molar-refractivity contribution in [3.05, 3.63) is 0 Å². The van der Waals surface area contributed by atoms with Crippen LogP contribution in [0.4, 0.5) is 4.79 Å². The summed E-state index contributed by atoms with van der Waals surface area (Å²) in [4.78, 5) is 27.0. The smallest absolute Gasteiger partial charge is 0.320 e. The van der Waals surface area contributed by atoms with E-state index in [4.69, 9.17) is 5.11 Å². The van der Waals surface area contributed by atoms with Crippen molar-refractivity contribution in [3.8, 4) is 0 Å². The maximum atomic E-state index is 12.6. The molecule has 0 unspecified atom stereocenters. The predicted octanol–water partition coefficient (Wildman–Crippen LogP) is 2.95. The van der Waals surface area contributed by atoms with Crippen LogP contribution in [-0.4, -0.2) is 52.6 Å². The number of hydrogen-bond acceptors (Lipinski definition) is 2. The lowest BCUT2D eigenvalue weighted by Crippen LogP contribution is -2.51. The van der Waals surface area contributed by atoms with Gasteiger partial charge in [-0.05, 0) is 44.9 Å². The van der Waals surface area contributed by atoms with Gasteiger partial charge in [0, 0.05) is 25.7 Å². The minimum atomic E-state index is -0.850. The molecule has 2 rings (SSSR count). The Morgan fingerprint density at radius 2 is 1.71 bits per heavy atom. The van der Waals surface area contributed by atoms with Crippen LogP contribution < -0.4 is 0 Å². The Morgan fingerprint density at radius 1 is 1.14 bits per heavy atom. The Morgan fingerprint density at radius 3 is 2.19 bits per heavy atom. The van der Waals surface area contributed by atoms with Crippen molar-refractivity contribution in [2.75, 3.05) is 19.6 Å². The van der Waals surface area contributed by atoms with Crippen LogP contribution in [0.5, 0.6) is 0 Å². The van der Waals surface area contributed by atoms with E-state index in [2.05, 4.69) is 0 Å². The van der Waals surface area contributed by atoms with Crippen molar-refractivity contribution in [2.24, 2.45) is 5.41 Å². The fraction of sp³-hybridized carbons (Fsp3) is 0.875. The number of carbonyl (C=O) groups is 2. The second kappa shape index (κ2) is 6.67. The third kappa shape index (κ3) is 3.89. The molecule has 2 aliphatic rings. The van der Waals surface area contributed by atoms with Gasteiger partial charge in [0.15, 0.2) is 0 Å². The van der Waals surface area contributed by atoms with Crippen molar-refractivity contribution in [1.29, 1.82) is 0 Å². The van der Waals surface area contributed by atoms with Gasteiger partial charge in [-0.15, -0.1) is 0 Å². The Labute approximate surface area is 127 Å². The Kier molecular flexibility index (Phi) is 5.12. The van der Waals surface area contributed by atoms with Crippen molar-refractivity contribution < 1.29 is 14.7 Å². The standard InChI is InChI=1S/C16H28N2O3/c1-13(2)18(10-5-14(19)20)15(21)17-11-8-16(9-12-17)6-3-4-7-16/h13H,3-12H2,1-2H3,(H,19,20). The largest absolute Gasteiger partial charge is 0.481 e. The van der Waals surface area contributed by atoms with Gasteiger partial charge in [-0.25, -0.2) is 4.79 Å². The van der Waals surface area contributed by atoms with Gasteiger partial charge >= 0.3 is 12.0 Å². The highest BCUT2D eigenvalue weighted by atomic mass is 16.4. The van der Waals surface area contributed by atoms with E-state index < -0.39 is 5.97 Å².